The molecule has 0 unspecified atom stereocenters. The molecular formula is C13H9Cl2N3O2. The van der Waals surface area contributed by atoms with Crippen molar-refractivity contribution in [3.05, 3.63) is 58.3 Å². The molecule has 0 radical (unpaired) electrons. The summed E-state index contributed by atoms with van der Waals surface area (Å²) in [5.74, 6) is -1.17. The van der Waals surface area contributed by atoms with Crippen LogP contribution in [0.5, 0.6) is 0 Å². The van der Waals surface area contributed by atoms with Gasteiger partial charge in [0.15, 0.2) is 5.71 Å². The molecule has 0 fully saturated rings. The number of anilines is 1. The summed E-state index contributed by atoms with van der Waals surface area (Å²) in [4.78, 5) is 15.1. The predicted molar refractivity (Wildman–Crippen MR) is 78.5 cm³/mol. The molecule has 102 valence electrons. The molecule has 2 rings (SSSR count). The van der Waals surface area contributed by atoms with Crippen LogP contribution in [-0.4, -0.2) is 21.8 Å². The second kappa shape index (κ2) is 6.36. The number of carboxylic acid groups (broad SMARTS) is 1. The lowest BCUT2D eigenvalue weighted by molar-refractivity contribution is -0.129. The minimum atomic E-state index is -1.17. The average molecular weight is 310 g/mol. The van der Waals surface area contributed by atoms with Crippen LogP contribution in [0.1, 0.15) is 5.56 Å². The number of halogens is 2. The summed E-state index contributed by atoms with van der Waals surface area (Å²) >= 11 is 11.5. The number of rotatable bonds is 4. The summed E-state index contributed by atoms with van der Waals surface area (Å²) in [5.41, 5.74) is 3.39. The molecule has 1 aromatic heterocycles. The van der Waals surface area contributed by atoms with Crippen molar-refractivity contribution in [3.8, 4) is 0 Å². The molecule has 0 atom stereocenters. The summed E-state index contributed by atoms with van der Waals surface area (Å²) in [6.45, 7) is 0. The molecule has 0 amide bonds. The highest BCUT2D eigenvalue weighted by Crippen LogP contribution is 2.13. The number of nitrogens with zero attached hydrogens (tertiary/aromatic N) is 2. The van der Waals surface area contributed by atoms with Gasteiger partial charge >= 0.3 is 5.97 Å². The van der Waals surface area contributed by atoms with Gasteiger partial charge in [-0.3, -0.25) is 5.43 Å². The van der Waals surface area contributed by atoms with Crippen LogP contribution in [-0.2, 0) is 4.79 Å². The molecule has 2 N–H and O–H groups in total. The molecule has 0 aliphatic heterocycles. The molecule has 5 nitrogen and oxygen atoms in total. The van der Waals surface area contributed by atoms with E-state index in [-0.39, 0.29) is 5.71 Å². The molecule has 0 saturated carbocycles. The summed E-state index contributed by atoms with van der Waals surface area (Å²) < 4.78 is 0. The fourth-order valence-electron chi connectivity index (χ4n) is 1.43. The highest BCUT2D eigenvalue weighted by Gasteiger charge is 2.13. The van der Waals surface area contributed by atoms with Gasteiger partial charge in [0, 0.05) is 10.6 Å². The molecule has 0 saturated heterocycles. The monoisotopic (exact) mass is 309 g/mol. The van der Waals surface area contributed by atoms with Crippen molar-refractivity contribution in [2.75, 3.05) is 5.43 Å². The molecule has 0 spiro atoms. The Bertz CT molecular complexity index is 657. The number of aromatic nitrogens is 1. The van der Waals surface area contributed by atoms with Crippen LogP contribution in [0.25, 0.3) is 0 Å². The Morgan fingerprint density at radius 1 is 1.25 bits per heavy atom. The molecule has 0 aliphatic carbocycles. The Balaban J connectivity index is 2.27. The van der Waals surface area contributed by atoms with Crippen LogP contribution in [0.15, 0.2) is 47.7 Å². The molecule has 1 heterocycles. The first-order valence-electron chi connectivity index (χ1n) is 5.51. The van der Waals surface area contributed by atoms with Gasteiger partial charge in [-0.25, -0.2) is 9.78 Å². The lowest BCUT2D eigenvalue weighted by Crippen LogP contribution is -2.16. The van der Waals surface area contributed by atoms with Crippen LogP contribution in [0, 0.1) is 0 Å². The van der Waals surface area contributed by atoms with E-state index in [0.717, 1.165) is 0 Å². The molecule has 20 heavy (non-hydrogen) atoms. The van der Waals surface area contributed by atoms with E-state index in [4.69, 9.17) is 23.2 Å². The minimum Gasteiger partial charge on any atom is -0.476 e. The standard InChI is InChI=1S/C13H9Cl2N3O2/c14-9-3-1-2-8(6-9)12(13(19)20)18-17-10-4-5-11(15)16-7-10/h1-7,17H,(H,19,20). The van der Waals surface area contributed by atoms with Gasteiger partial charge in [-0.05, 0) is 24.3 Å². The van der Waals surface area contributed by atoms with E-state index < -0.39 is 5.97 Å². The fourth-order valence-corrected chi connectivity index (χ4v) is 1.74. The van der Waals surface area contributed by atoms with E-state index in [1.54, 1.807) is 30.3 Å². The Labute approximate surface area is 124 Å². The van der Waals surface area contributed by atoms with Crippen LogP contribution < -0.4 is 5.43 Å². The van der Waals surface area contributed by atoms with E-state index in [0.29, 0.717) is 21.4 Å². The summed E-state index contributed by atoms with van der Waals surface area (Å²) in [7, 11) is 0. The van der Waals surface area contributed by atoms with E-state index in [2.05, 4.69) is 15.5 Å². The van der Waals surface area contributed by atoms with Crippen molar-refractivity contribution >= 4 is 40.6 Å². The van der Waals surface area contributed by atoms with E-state index in [9.17, 15) is 9.90 Å². The second-order valence-corrected chi connectivity index (χ2v) is 4.58. The zero-order chi connectivity index (χ0) is 14.5. The zero-order valence-corrected chi connectivity index (χ0v) is 11.6. The van der Waals surface area contributed by atoms with Crippen molar-refractivity contribution in [3.63, 3.8) is 0 Å². The first-order valence-corrected chi connectivity index (χ1v) is 6.26. The van der Waals surface area contributed by atoms with Crippen molar-refractivity contribution in [1.29, 1.82) is 0 Å². The quantitative estimate of drug-likeness (QED) is 0.516. The smallest absolute Gasteiger partial charge is 0.356 e. The van der Waals surface area contributed by atoms with E-state index in [1.165, 1.54) is 12.3 Å². The Kier molecular flexibility index (Phi) is 4.55. The van der Waals surface area contributed by atoms with Crippen LogP contribution in [0.4, 0.5) is 5.69 Å². The molecule has 2 aromatic rings. The van der Waals surface area contributed by atoms with Crippen LogP contribution in [0.3, 0.4) is 0 Å². The number of nitrogens with one attached hydrogen (secondary N) is 1. The van der Waals surface area contributed by atoms with E-state index >= 15 is 0 Å². The van der Waals surface area contributed by atoms with Crippen molar-refractivity contribution < 1.29 is 9.90 Å². The third kappa shape index (κ3) is 3.69. The number of aliphatic carboxylic acids is 1. The van der Waals surface area contributed by atoms with Crippen molar-refractivity contribution in [2.24, 2.45) is 5.10 Å². The molecular weight excluding hydrogens is 301 g/mol. The third-order valence-corrected chi connectivity index (χ3v) is 2.78. The minimum absolute atomic E-state index is 0.151. The summed E-state index contributed by atoms with van der Waals surface area (Å²) in [6, 6.07) is 9.65. The first kappa shape index (κ1) is 14.3. The van der Waals surface area contributed by atoms with Crippen molar-refractivity contribution in [1.82, 2.24) is 4.98 Å². The van der Waals surface area contributed by atoms with Gasteiger partial charge in [0.05, 0.1) is 11.9 Å². The van der Waals surface area contributed by atoms with Gasteiger partial charge in [0.2, 0.25) is 0 Å². The van der Waals surface area contributed by atoms with Gasteiger partial charge in [0.1, 0.15) is 5.15 Å². The lowest BCUT2D eigenvalue weighted by Gasteiger charge is -2.04. The zero-order valence-electron chi connectivity index (χ0n) is 10.0. The molecule has 1 aromatic carbocycles. The SMILES string of the molecule is O=C(O)C(=NNc1ccc(Cl)nc1)c1cccc(Cl)c1. The summed E-state index contributed by atoms with van der Waals surface area (Å²) in [6.07, 6.45) is 1.45. The maximum atomic E-state index is 11.2. The average Bonchev–Trinajstić information content (AvgIpc) is 2.41. The Morgan fingerprint density at radius 2 is 2.05 bits per heavy atom. The number of hydrogen-bond acceptors (Lipinski definition) is 4. The number of benzene rings is 1. The van der Waals surface area contributed by atoms with Crippen molar-refractivity contribution in [2.45, 2.75) is 0 Å². The predicted octanol–water partition coefficient (Wildman–Crippen LogP) is 3.29. The van der Waals surface area contributed by atoms with E-state index in [1.807, 2.05) is 0 Å². The Morgan fingerprint density at radius 3 is 2.65 bits per heavy atom. The third-order valence-electron chi connectivity index (χ3n) is 2.32. The summed E-state index contributed by atoms with van der Waals surface area (Å²) in [5, 5.41) is 13.8. The largest absolute Gasteiger partial charge is 0.476 e. The van der Waals surface area contributed by atoms with Crippen LogP contribution >= 0.6 is 23.2 Å². The number of hydrazone groups is 1. The highest BCUT2D eigenvalue weighted by atomic mass is 35.5. The highest BCUT2D eigenvalue weighted by molar-refractivity contribution is 6.43. The molecule has 7 heteroatoms. The number of carboxylic acids is 1. The van der Waals surface area contributed by atoms with Gasteiger partial charge in [-0.2, -0.15) is 5.10 Å². The van der Waals surface area contributed by atoms with Gasteiger partial charge < -0.3 is 5.11 Å². The van der Waals surface area contributed by atoms with Gasteiger partial charge in [0.25, 0.3) is 0 Å². The normalized spacial score (nSPS) is 11.2. The molecule has 0 bridgehead atoms. The second-order valence-electron chi connectivity index (χ2n) is 3.76. The number of carbonyl (C=O) groups is 1. The van der Waals surface area contributed by atoms with Crippen LogP contribution in [0.2, 0.25) is 10.2 Å². The number of hydrogen-bond donors (Lipinski definition) is 2. The number of pyridine rings is 1. The topological polar surface area (TPSA) is 74.6 Å². The maximum Gasteiger partial charge on any atom is 0.356 e. The van der Waals surface area contributed by atoms with Gasteiger partial charge in [-0.15, -0.1) is 0 Å². The molecule has 0 aliphatic rings. The fraction of sp³-hybridized carbons (Fsp3) is 0. The first-order chi connectivity index (χ1) is 9.56. The van der Waals surface area contributed by atoms with Gasteiger partial charge in [-0.1, -0.05) is 35.3 Å². The maximum absolute atomic E-state index is 11.2. The lowest BCUT2D eigenvalue weighted by atomic mass is 10.1. The Hall–Kier alpha value is -2.11.